The molecule has 1 atom stereocenters. The van der Waals surface area contributed by atoms with Gasteiger partial charge in [0.15, 0.2) is 6.29 Å². The molecule has 0 aromatic heterocycles. The number of likely N-dealkylation sites (N-methyl/N-ethyl adjacent to an activating group) is 1. The molecule has 106 valence electrons. The maximum atomic E-state index is 5.42. The van der Waals surface area contributed by atoms with Crippen LogP contribution in [0.25, 0.3) is 0 Å². The van der Waals surface area contributed by atoms with Gasteiger partial charge in [0.05, 0.1) is 6.04 Å². The smallest absolute Gasteiger partial charge is 0.176 e. The van der Waals surface area contributed by atoms with Crippen LogP contribution in [0.2, 0.25) is 0 Å². The van der Waals surface area contributed by atoms with E-state index in [1.54, 1.807) is 14.2 Å². The van der Waals surface area contributed by atoms with Crippen molar-refractivity contribution in [1.29, 1.82) is 0 Å². The summed E-state index contributed by atoms with van der Waals surface area (Å²) >= 11 is 0. The molecule has 0 aliphatic heterocycles. The number of hydrogen-bond acceptors (Lipinski definition) is 3. The zero-order chi connectivity index (χ0) is 14.3. The van der Waals surface area contributed by atoms with Gasteiger partial charge in [0.2, 0.25) is 0 Å². The lowest BCUT2D eigenvalue weighted by molar-refractivity contribution is -0.136. The molecule has 3 heteroatoms. The topological polar surface area (TPSA) is 21.7 Å². The predicted octanol–water partition coefficient (Wildman–Crippen LogP) is 3.07. The van der Waals surface area contributed by atoms with Crippen molar-refractivity contribution in [3.63, 3.8) is 0 Å². The first-order valence-electron chi connectivity index (χ1n) is 6.61. The fourth-order valence-corrected chi connectivity index (χ4v) is 2.24. The van der Waals surface area contributed by atoms with E-state index in [0.717, 1.165) is 18.5 Å². The van der Waals surface area contributed by atoms with Crippen LogP contribution < -0.4 is 0 Å². The lowest BCUT2D eigenvalue weighted by atomic mass is 10.0. The molecule has 1 aromatic rings. The summed E-state index contributed by atoms with van der Waals surface area (Å²) in [5, 5.41) is 0. The van der Waals surface area contributed by atoms with Crippen molar-refractivity contribution in [2.24, 2.45) is 0 Å². The number of benzene rings is 1. The first kappa shape index (κ1) is 15.9. The lowest BCUT2D eigenvalue weighted by Crippen LogP contribution is -2.44. The Hall–Kier alpha value is -1.16. The van der Waals surface area contributed by atoms with Crippen LogP contribution in [0, 0.1) is 0 Å². The van der Waals surface area contributed by atoms with Gasteiger partial charge in [0.1, 0.15) is 0 Å². The second kappa shape index (κ2) is 8.10. The van der Waals surface area contributed by atoms with Crippen molar-refractivity contribution in [2.75, 3.05) is 21.3 Å². The molecule has 1 rings (SSSR count). The van der Waals surface area contributed by atoms with Crippen LogP contribution in [0.1, 0.15) is 18.9 Å². The molecular formula is C16H25NO2. The van der Waals surface area contributed by atoms with Gasteiger partial charge in [0.25, 0.3) is 0 Å². The molecule has 0 N–H and O–H groups in total. The molecule has 0 saturated heterocycles. The molecule has 0 heterocycles. The summed E-state index contributed by atoms with van der Waals surface area (Å²) in [6.45, 7) is 7.10. The Morgan fingerprint density at radius 1 is 1.21 bits per heavy atom. The van der Waals surface area contributed by atoms with E-state index in [2.05, 4.69) is 49.7 Å². The minimum absolute atomic E-state index is 0.0557. The molecule has 0 bridgehead atoms. The highest BCUT2D eigenvalue weighted by atomic mass is 16.7. The fraction of sp³-hybridized carbons (Fsp3) is 0.500. The number of hydrogen-bond donors (Lipinski definition) is 0. The van der Waals surface area contributed by atoms with Gasteiger partial charge in [-0.15, -0.1) is 0 Å². The van der Waals surface area contributed by atoms with Crippen LogP contribution in [0.4, 0.5) is 0 Å². The second-order valence-corrected chi connectivity index (χ2v) is 4.70. The van der Waals surface area contributed by atoms with E-state index in [1.807, 2.05) is 6.07 Å². The van der Waals surface area contributed by atoms with Crippen LogP contribution >= 0.6 is 0 Å². The van der Waals surface area contributed by atoms with Gasteiger partial charge in [-0.1, -0.05) is 49.4 Å². The average Bonchev–Trinajstić information content (AvgIpc) is 2.44. The second-order valence-electron chi connectivity index (χ2n) is 4.70. The summed E-state index contributed by atoms with van der Waals surface area (Å²) in [7, 11) is 5.41. The van der Waals surface area contributed by atoms with Crippen molar-refractivity contribution in [3.05, 3.63) is 48.0 Å². The highest BCUT2D eigenvalue weighted by Gasteiger charge is 2.27. The highest BCUT2D eigenvalue weighted by Crippen LogP contribution is 2.19. The molecule has 0 unspecified atom stereocenters. The van der Waals surface area contributed by atoms with Crippen molar-refractivity contribution in [3.8, 4) is 0 Å². The molecule has 3 nitrogen and oxygen atoms in total. The van der Waals surface area contributed by atoms with Gasteiger partial charge in [-0.25, -0.2) is 0 Å². The van der Waals surface area contributed by atoms with E-state index in [1.165, 1.54) is 5.56 Å². The summed E-state index contributed by atoms with van der Waals surface area (Å²) in [6, 6.07) is 10.4. The molecule has 0 fully saturated rings. The summed E-state index contributed by atoms with van der Waals surface area (Å²) in [4.78, 5) is 2.22. The summed E-state index contributed by atoms with van der Waals surface area (Å²) in [6.07, 6.45) is 0.619. The van der Waals surface area contributed by atoms with Crippen LogP contribution in [0.3, 0.4) is 0 Å². The number of rotatable bonds is 8. The largest absolute Gasteiger partial charge is 0.354 e. The van der Waals surface area contributed by atoms with E-state index in [9.17, 15) is 0 Å². The standard InChI is InChI=1S/C16H25NO2/c1-6-13(2)15(16(18-4)19-5)17(3)12-14-10-8-7-9-11-14/h7-11,15-16H,2,6,12H2,1,3-5H3/t15-/m0/s1. The van der Waals surface area contributed by atoms with Crippen molar-refractivity contribution in [2.45, 2.75) is 32.2 Å². The average molecular weight is 263 g/mol. The maximum Gasteiger partial charge on any atom is 0.176 e. The Labute approximate surface area is 116 Å². The Morgan fingerprint density at radius 2 is 1.79 bits per heavy atom. The van der Waals surface area contributed by atoms with E-state index < -0.39 is 0 Å². The number of methoxy groups -OCH3 is 2. The van der Waals surface area contributed by atoms with E-state index >= 15 is 0 Å². The lowest BCUT2D eigenvalue weighted by Gasteiger charge is -2.34. The summed E-state index contributed by atoms with van der Waals surface area (Å²) in [5.74, 6) is 0. The molecule has 0 saturated carbocycles. The van der Waals surface area contributed by atoms with Crippen molar-refractivity contribution < 1.29 is 9.47 Å². The Morgan fingerprint density at radius 3 is 2.26 bits per heavy atom. The maximum absolute atomic E-state index is 5.42. The van der Waals surface area contributed by atoms with Gasteiger partial charge in [-0.05, 0) is 19.0 Å². The summed E-state index contributed by atoms with van der Waals surface area (Å²) in [5.41, 5.74) is 2.39. The quantitative estimate of drug-likeness (QED) is 0.531. The highest BCUT2D eigenvalue weighted by molar-refractivity contribution is 5.16. The van der Waals surface area contributed by atoms with Crippen LogP contribution in [-0.4, -0.2) is 38.5 Å². The Bertz CT molecular complexity index is 374. The van der Waals surface area contributed by atoms with Gasteiger partial charge in [0, 0.05) is 20.8 Å². The van der Waals surface area contributed by atoms with E-state index in [4.69, 9.17) is 9.47 Å². The minimum Gasteiger partial charge on any atom is -0.354 e. The first-order chi connectivity index (χ1) is 9.13. The molecule has 1 aromatic carbocycles. The summed E-state index contributed by atoms with van der Waals surface area (Å²) < 4.78 is 10.8. The Balaban J connectivity index is 2.82. The normalized spacial score (nSPS) is 12.9. The molecule has 0 aliphatic carbocycles. The van der Waals surface area contributed by atoms with E-state index in [0.29, 0.717) is 0 Å². The van der Waals surface area contributed by atoms with Crippen LogP contribution in [0.15, 0.2) is 42.5 Å². The van der Waals surface area contributed by atoms with Gasteiger partial charge >= 0.3 is 0 Å². The van der Waals surface area contributed by atoms with Crippen molar-refractivity contribution in [1.82, 2.24) is 4.90 Å². The monoisotopic (exact) mass is 263 g/mol. The van der Waals surface area contributed by atoms with Gasteiger partial charge < -0.3 is 9.47 Å². The predicted molar refractivity (Wildman–Crippen MR) is 78.9 cm³/mol. The van der Waals surface area contributed by atoms with E-state index in [-0.39, 0.29) is 12.3 Å². The third kappa shape index (κ3) is 4.46. The molecule has 0 aliphatic rings. The molecule has 0 amide bonds. The first-order valence-corrected chi connectivity index (χ1v) is 6.61. The molecule has 19 heavy (non-hydrogen) atoms. The third-order valence-electron chi connectivity index (χ3n) is 3.34. The molecule has 0 radical (unpaired) electrons. The zero-order valence-electron chi connectivity index (χ0n) is 12.4. The van der Waals surface area contributed by atoms with Gasteiger partial charge in [-0.3, -0.25) is 4.90 Å². The zero-order valence-corrected chi connectivity index (χ0v) is 12.4. The third-order valence-corrected chi connectivity index (χ3v) is 3.34. The minimum atomic E-state index is -0.291. The number of nitrogens with zero attached hydrogens (tertiary/aromatic N) is 1. The Kier molecular flexibility index (Phi) is 6.78. The van der Waals surface area contributed by atoms with Crippen molar-refractivity contribution >= 4 is 0 Å². The van der Waals surface area contributed by atoms with Gasteiger partial charge in [-0.2, -0.15) is 0 Å². The molecular weight excluding hydrogens is 238 g/mol. The van der Waals surface area contributed by atoms with Crippen LogP contribution in [0.5, 0.6) is 0 Å². The fourth-order valence-electron chi connectivity index (χ4n) is 2.24. The number of ether oxygens (including phenoxy) is 2. The molecule has 0 spiro atoms. The SMILES string of the molecule is C=C(CC)[C@@H](C(OC)OC)N(C)Cc1ccccc1. The van der Waals surface area contributed by atoms with Crippen LogP contribution in [-0.2, 0) is 16.0 Å².